The van der Waals surface area contributed by atoms with E-state index in [2.05, 4.69) is 36.4 Å². The molecule has 0 bridgehead atoms. The summed E-state index contributed by atoms with van der Waals surface area (Å²) in [6.45, 7) is 8.77. The number of nitrogens with zero attached hydrogens (tertiary/aromatic N) is 3. The fraction of sp³-hybridized carbons (Fsp3) is 0.429. The molecule has 0 saturated carbocycles. The number of rotatable bonds is 3. The molecule has 0 saturated heterocycles. The van der Waals surface area contributed by atoms with Gasteiger partial charge in [0.15, 0.2) is 0 Å². The van der Waals surface area contributed by atoms with E-state index in [4.69, 9.17) is 0 Å². The molecule has 19 heavy (non-hydrogen) atoms. The zero-order valence-electron chi connectivity index (χ0n) is 11.7. The summed E-state index contributed by atoms with van der Waals surface area (Å²) in [5, 5.41) is 11.3. The van der Waals surface area contributed by atoms with E-state index in [1.807, 2.05) is 6.92 Å². The molecule has 5 heteroatoms. The molecule has 1 aromatic heterocycles. The molecule has 0 unspecified atom stereocenters. The van der Waals surface area contributed by atoms with Crippen molar-refractivity contribution in [2.24, 2.45) is 0 Å². The molecule has 0 radical (unpaired) electrons. The second kappa shape index (κ2) is 5.09. The van der Waals surface area contributed by atoms with Crippen LogP contribution in [-0.2, 0) is 6.54 Å². The molecule has 1 heterocycles. The number of nitrogens with one attached hydrogen (secondary N) is 1. The lowest BCUT2D eigenvalue weighted by Gasteiger charge is -2.19. The number of hydrogen-bond acceptors (Lipinski definition) is 3. The van der Waals surface area contributed by atoms with Crippen LogP contribution in [0.1, 0.15) is 32.0 Å². The van der Waals surface area contributed by atoms with Crippen LogP contribution in [0.4, 0.5) is 4.39 Å². The highest BCUT2D eigenvalue weighted by Crippen LogP contribution is 2.14. The van der Waals surface area contributed by atoms with Gasteiger partial charge in [-0.15, -0.1) is 5.10 Å². The maximum absolute atomic E-state index is 13.7. The highest BCUT2D eigenvalue weighted by molar-refractivity contribution is 5.36. The molecule has 0 aliphatic carbocycles. The van der Waals surface area contributed by atoms with E-state index in [1.165, 1.54) is 10.7 Å². The number of halogens is 1. The van der Waals surface area contributed by atoms with Gasteiger partial charge >= 0.3 is 0 Å². The van der Waals surface area contributed by atoms with Gasteiger partial charge in [0.2, 0.25) is 0 Å². The highest BCUT2D eigenvalue weighted by atomic mass is 19.1. The van der Waals surface area contributed by atoms with Gasteiger partial charge in [-0.25, -0.2) is 9.07 Å². The van der Waals surface area contributed by atoms with Crippen LogP contribution < -0.4 is 5.32 Å². The van der Waals surface area contributed by atoms with Crippen molar-refractivity contribution >= 4 is 0 Å². The van der Waals surface area contributed by atoms with E-state index in [9.17, 15) is 4.39 Å². The molecule has 102 valence electrons. The molecule has 0 fully saturated rings. The Hall–Kier alpha value is -1.75. The summed E-state index contributed by atoms with van der Waals surface area (Å²) in [6.07, 6.45) is 1.75. The van der Waals surface area contributed by atoms with Crippen LogP contribution in [0.2, 0.25) is 0 Å². The van der Waals surface area contributed by atoms with Gasteiger partial charge in [0.05, 0.1) is 11.9 Å². The third kappa shape index (κ3) is 3.61. The highest BCUT2D eigenvalue weighted by Gasteiger charge is 2.11. The van der Waals surface area contributed by atoms with Gasteiger partial charge in [0.1, 0.15) is 11.5 Å². The Bertz CT molecular complexity index is 569. The van der Waals surface area contributed by atoms with E-state index >= 15 is 0 Å². The second-order valence-corrected chi connectivity index (χ2v) is 5.71. The summed E-state index contributed by atoms with van der Waals surface area (Å²) in [6, 6.07) is 4.93. The third-order valence-electron chi connectivity index (χ3n) is 2.69. The summed E-state index contributed by atoms with van der Waals surface area (Å²) < 4.78 is 15.2. The van der Waals surface area contributed by atoms with E-state index in [0.717, 1.165) is 11.3 Å². The molecule has 1 N–H and O–H groups in total. The smallest absolute Gasteiger partial charge is 0.148 e. The molecule has 2 rings (SSSR count). The predicted octanol–water partition coefficient (Wildman–Crippen LogP) is 2.60. The molecule has 0 aliphatic heterocycles. The largest absolute Gasteiger partial charge is 0.306 e. The molecule has 0 amide bonds. The molecule has 0 spiro atoms. The van der Waals surface area contributed by atoms with E-state index in [-0.39, 0.29) is 11.4 Å². The van der Waals surface area contributed by atoms with Crippen molar-refractivity contribution in [3.05, 3.63) is 41.5 Å². The Labute approximate surface area is 112 Å². The van der Waals surface area contributed by atoms with Crippen LogP contribution in [0.15, 0.2) is 24.4 Å². The fourth-order valence-corrected chi connectivity index (χ4v) is 1.65. The van der Waals surface area contributed by atoms with E-state index < -0.39 is 0 Å². The zero-order valence-corrected chi connectivity index (χ0v) is 11.7. The number of hydrogen-bond donors (Lipinski definition) is 1. The lowest BCUT2D eigenvalue weighted by molar-refractivity contribution is 0.421. The maximum atomic E-state index is 13.7. The molecule has 4 nitrogen and oxygen atoms in total. The zero-order chi connectivity index (χ0) is 14.0. The van der Waals surface area contributed by atoms with Crippen LogP contribution in [0.3, 0.4) is 0 Å². The maximum Gasteiger partial charge on any atom is 0.148 e. The third-order valence-corrected chi connectivity index (χ3v) is 2.69. The molecule has 2 aromatic rings. The van der Waals surface area contributed by atoms with E-state index in [0.29, 0.717) is 12.2 Å². The first kappa shape index (κ1) is 13.7. The van der Waals surface area contributed by atoms with Crippen molar-refractivity contribution < 1.29 is 4.39 Å². The van der Waals surface area contributed by atoms with Crippen molar-refractivity contribution in [1.82, 2.24) is 20.3 Å². The summed E-state index contributed by atoms with van der Waals surface area (Å²) in [5.41, 5.74) is 2.21. The van der Waals surface area contributed by atoms with Crippen LogP contribution in [0.5, 0.6) is 0 Å². The summed E-state index contributed by atoms with van der Waals surface area (Å²) >= 11 is 0. The minimum atomic E-state index is -0.300. The van der Waals surface area contributed by atoms with E-state index in [1.54, 1.807) is 18.3 Å². The monoisotopic (exact) mass is 262 g/mol. The summed E-state index contributed by atoms with van der Waals surface area (Å²) in [4.78, 5) is 0. The summed E-state index contributed by atoms with van der Waals surface area (Å²) in [5.74, 6) is -0.300. The van der Waals surface area contributed by atoms with Gasteiger partial charge in [-0.1, -0.05) is 11.3 Å². The quantitative estimate of drug-likeness (QED) is 0.924. The summed E-state index contributed by atoms with van der Waals surface area (Å²) in [7, 11) is 0. The molecule has 0 aliphatic rings. The fourth-order valence-electron chi connectivity index (χ4n) is 1.65. The van der Waals surface area contributed by atoms with Crippen LogP contribution in [0.25, 0.3) is 5.69 Å². The first-order valence-corrected chi connectivity index (χ1v) is 6.28. The first-order chi connectivity index (χ1) is 8.85. The van der Waals surface area contributed by atoms with Crippen LogP contribution in [-0.4, -0.2) is 20.5 Å². The predicted molar refractivity (Wildman–Crippen MR) is 72.6 cm³/mol. The average Bonchev–Trinajstić information content (AvgIpc) is 2.77. The topological polar surface area (TPSA) is 42.7 Å². The number of aryl methyl sites for hydroxylation is 1. The SMILES string of the molecule is Cc1ccc(F)c(-n2cc(CNC(C)(C)C)nn2)c1. The number of benzene rings is 1. The second-order valence-electron chi connectivity index (χ2n) is 5.71. The Morgan fingerprint density at radius 1 is 1.32 bits per heavy atom. The van der Waals surface area contributed by atoms with Crippen LogP contribution >= 0.6 is 0 Å². The first-order valence-electron chi connectivity index (χ1n) is 6.28. The Balaban J connectivity index is 2.19. The van der Waals surface area contributed by atoms with Gasteiger partial charge in [-0.3, -0.25) is 0 Å². The minimum absolute atomic E-state index is 0.0123. The Kier molecular flexibility index (Phi) is 3.66. The normalized spacial score (nSPS) is 11.8. The lowest BCUT2D eigenvalue weighted by Crippen LogP contribution is -2.35. The Morgan fingerprint density at radius 3 is 2.74 bits per heavy atom. The lowest BCUT2D eigenvalue weighted by atomic mass is 10.1. The van der Waals surface area contributed by atoms with Gasteiger partial charge in [0, 0.05) is 12.1 Å². The molecular weight excluding hydrogens is 243 g/mol. The van der Waals surface area contributed by atoms with Crippen molar-refractivity contribution in [2.45, 2.75) is 39.8 Å². The average molecular weight is 262 g/mol. The molecule has 0 atom stereocenters. The van der Waals surface area contributed by atoms with Gasteiger partial charge < -0.3 is 5.32 Å². The van der Waals surface area contributed by atoms with Gasteiger partial charge in [0.25, 0.3) is 0 Å². The van der Waals surface area contributed by atoms with Crippen molar-refractivity contribution in [3.8, 4) is 5.69 Å². The van der Waals surface area contributed by atoms with Gasteiger partial charge in [-0.2, -0.15) is 0 Å². The molecular formula is C14H19FN4. The number of aromatic nitrogens is 3. The van der Waals surface area contributed by atoms with Crippen molar-refractivity contribution in [1.29, 1.82) is 0 Å². The van der Waals surface area contributed by atoms with Crippen molar-refractivity contribution in [2.75, 3.05) is 0 Å². The minimum Gasteiger partial charge on any atom is -0.306 e. The van der Waals surface area contributed by atoms with Gasteiger partial charge in [-0.05, 0) is 45.4 Å². The van der Waals surface area contributed by atoms with Crippen LogP contribution in [0, 0.1) is 12.7 Å². The standard InChI is InChI=1S/C14H19FN4/c1-10-5-6-12(15)13(7-10)19-9-11(17-18-19)8-16-14(2,3)4/h5-7,9,16H,8H2,1-4H3. The van der Waals surface area contributed by atoms with Crippen molar-refractivity contribution in [3.63, 3.8) is 0 Å². The Morgan fingerprint density at radius 2 is 2.05 bits per heavy atom. The molecule has 1 aromatic carbocycles.